The van der Waals surface area contributed by atoms with Crippen molar-refractivity contribution >= 4 is 0 Å². The van der Waals surface area contributed by atoms with Crippen molar-refractivity contribution in [2.45, 2.75) is 6.92 Å². The molecule has 0 aliphatic heterocycles. The molecule has 0 radical (unpaired) electrons. The molecule has 0 spiro atoms. The number of hydrogen-bond acceptors (Lipinski definition) is 1. The summed E-state index contributed by atoms with van der Waals surface area (Å²) >= 11 is 0. The van der Waals surface area contributed by atoms with Crippen LogP contribution < -0.4 is 0 Å². The summed E-state index contributed by atoms with van der Waals surface area (Å²) in [5.74, 6) is 2.30. The quantitative estimate of drug-likeness (QED) is 0.473. The fourth-order valence-electron chi connectivity index (χ4n) is 0.188. The van der Waals surface area contributed by atoms with Crippen molar-refractivity contribution in [3.8, 4) is 12.3 Å². The minimum absolute atomic E-state index is 0.0597. The molecule has 0 saturated carbocycles. The second-order valence-corrected chi connectivity index (χ2v) is 1.32. The summed E-state index contributed by atoms with van der Waals surface area (Å²) in [6.07, 6.45) is 6.41. The van der Waals surface area contributed by atoms with E-state index in [9.17, 15) is 0 Å². The molecule has 0 aromatic heterocycles. The molecule has 0 rings (SSSR count). The molecule has 1 heteroatoms. The van der Waals surface area contributed by atoms with Crippen molar-refractivity contribution in [3.05, 3.63) is 11.6 Å². The Hall–Kier alpha value is -0.740. The molecular formula is C6H8O. The highest BCUT2D eigenvalue weighted by Crippen LogP contribution is 1.84. The third kappa shape index (κ3) is 3.08. The zero-order valence-corrected chi connectivity index (χ0v) is 4.31. The summed E-state index contributed by atoms with van der Waals surface area (Å²) < 4.78 is 0. The highest BCUT2D eigenvalue weighted by atomic mass is 16.3. The molecule has 0 bridgehead atoms. The average Bonchev–Trinajstić information content (AvgIpc) is 1.68. The van der Waals surface area contributed by atoms with Gasteiger partial charge in [0.1, 0.15) is 0 Å². The lowest BCUT2D eigenvalue weighted by atomic mass is 10.3. The Kier molecular flexibility index (Phi) is 3.09. The van der Waals surface area contributed by atoms with Gasteiger partial charge in [0.25, 0.3) is 0 Å². The maximum Gasteiger partial charge on any atom is 0.0648 e. The monoisotopic (exact) mass is 96.1 g/mol. The summed E-state index contributed by atoms with van der Waals surface area (Å²) in [7, 11) is 0. The van der Waals surface area contributed by atoms with E-state index in [0.29, 0.717) is 0 Å². The van der Waals surface area contributed by atoms with E-state index in [4.69, 9.17) is 11.5 Å². The third-order valence-electron chi connectivity index (χ3n) is 0.579. The van der Waals surface area contributed by atoms with Crippen LogP contribution in [0.2, 0.25) is 0 Å². The molecule has 0 aliphatic carbocycles. The van der Waals surface area contributed by atoms with Crippen LogP contribution in [-0.2, 0) is 0 Å². The zero-order chi connectivity index (χ0) is 5.70. The van der Waals surface area contributed by atoms with Gasteiger partial charge in [-0.3, -0.25) is 0 Å². The number of rotatable bonds is 1. The van der Waals surface area contributed by atoms with Crippen molar-refractivity contribution < 1.29 is 5.11 Å². The maximum atomic E-state index is 8.30. The fourth-order valence-corrected chi connectivity index (χ4v) is 0.188. The van der Waals surface area contributed by atoms with E-state index in [1.54, 1.807) is 13.0 Å². The first-order valence-corrected chi connectivity index (χ1v) is 2.04. The van der Waals surface area contributed by atoms with Gasteiger partial charge in [-0.05, 0) is 18.6 Å². The van der Waals surface area contributed by atoms with Gasteiger partial charge in [-0.25, -0.2) is 0 Å². The minimum Gasteiger partial charge on any atom is -0.392 e. The predicted molar refractivity (Wildman–Crippen MR) is 29.7 cm³/mol. The van der Waals surface area contributed by atoms with Crippen LogP contribution in [0.15, 0.2) is 11.6 Å². The van der Waals surface area contributed by atoms with Crippen LogP contribution in [-0.4, -0.2) is 11.7 Å². The van der Waals surface area contributed by atoms with Crippen LogP contribution in [0.25, 0.3) is 0 Å². The maximum absolute atomic E-state index is 8.30. The van der Waals surface area contributed by atoms with E-state index in [0.717, 1.165) is 5.57 Å². The van der Waals surface area contributed by atoms with E-state index >= 15 is 0 Å². The van der Waals surface area contributed by atoms with Crippen LogP contribution in [0.5, 0.6) is 0 Å². The third-order valence-corrected chi connectivity index (χ3v) is 0.579. The molecular weight excluding hydrogens is 88.1 g/mol. The van der Waals surface area contributed by atoms with Gasteiger partial charge in [-0.1, -0.05) is 5.92 Å². The van der Waals surface area contributed by atoms with Gasteiger partial charge in [0.05, 0.1) is 6.61 Å². The van der Waals surface area contributed by atoms with Crippen LogP contribution in [0.1, 0.15) is 6.92 Å². The van der Waals surface area contributed by atoms with Gasteiger partial charge in [-0.15, -0.1) is 6.42 Å². The van der Waals surface area contributed by atoms with Gasteiger partial charge in [-0.2, -0.15) is 0 Å². The summed E-state index contributed by atoms with van der Waals surface area (Å²) in [6, 6.07) is 0. The van der Waals surface area contributed by atoms with Gasteiger partial charge in [0.15, 0.2) is 0 Å². The Morgan fingerprint density at radius 3 is 2.71 bits per heavy atom. The van der Waals surface area contributed by atoms with Gasteiger partial charge in [0, 0.05) is 0 Å². The van der Waals surface area contributed by atoms with Crippen LogP contribution >= 0.6 is 0 Å². The second-order valence-electron chi connectivity index (χ2n) is 1.32. The minimum atomic E-state index is 0.0597. The molecule has 0 heterocycles. The predicted octanol–water partition coefficient (Wildman–Crippen LogP) is 0.558. The largest absolute Gasteiger partial charge is 0.392 e. The van der Waals surface area contributed by atoms with Gasteiger partial charge >= 0.3 is 0 Å². The fraction of sp³-hybridized carbons (Fsp3) is 0.333. The average molecular weight is 96.1 g/mol. The topological polar surface area (TPSA) is 20.2 Å². The standard InChI is InChI=1S/C6H8O/c1-3-4-6(2)5-7/h1,4,7H,5H2,2H3/b6-4+. The van der Waals surface area contributed by atoms with E-state index in [1.165, 1.54) is 0 Å². The number of aliphatic hydroxyl groups excluding tert-OH is 1. The smallest absolute Gasteiger partial charge is 0.0648 e. The highest BCUT2D eigenvalue weighted by molar-refractivity contribution is 5.15. The summed E-state index contributed by atoms with van der Waals surface area (Å²) in [4.78, 5) is 0. The number of allylic oxidation sites excluding steroid dienone is 1. The molecule has 0 saturated heterocycles. The van der Waals surface area contributed by atoms with E-state index < -0.39 is 0 Å². The summed E-state index contributed by atoms with van der Waals surface area (Å²) in [6.45, 7) is 1.84. The zero-order valence-electron chi connectivity index (χ0n) is 4.31. The van der Waals surface area contributed by atoms with Crippen LogP contribution in [0, 0.1) is 12.3 Å². The second kappa shape index (κ2) is 3.45. The van der Waals surface area contributed by atoms with Crippen molar-refractivity contribution in [2.24, 2.45) is 0 Å². The van der Waals surface area contributed by atoms with Crippen molar-refractivity contribution in [3.63, 3.8) is 0 Å². The highest BCUT2D eigenvalue weighted by Gasteiger charge is 1.76. The van der Waals surface area contributed by atoms with Crippen LogP contribution in [0.3, 0.4) is 0 Å². The summed E-state index contributed by atoms with van der Waals surface area (Å²) in [5, 5.41) is 8.30. The summed E-state index contributed by atoms with van der Waals surface area (Å²) in [5.41, 5.74) is 0.822. The Labute approximate surface area is 43.7 Å². The molecule has 0 unspecified atom stereocenters. The number of aliphatic hydroxyl groups is 1. The van der Waals surface area contributed by atoms with E-state index in [2.05, 4.69) is 5.92 Å². The van der Waals surface area contributed by atoms with Crippen LogP contribution in [0.4, 0.5) is 0 Å². The molecule has 38 valence electrons. The first-order chi connectivity index (χ1) is 3.31. The molecule has 7 heavy (non-hydrogen) atoms. The molecule has 0 fully saturated rings. The normalized spacial score (nSPS) is 10.7. The first kappa shape index (κ1) is 6.26. The van der Waals surface area contributed by atoms with E-state index in [1.807, 2.05) is 0 Å². The SMILES string of the molecule is C#C/C=C(\C)CO. The Morgan fingerprint density at radius 2 is 2.57 bits per heavy atom. The molecule has 0 atom stereocenters. The molecule has 1 nitrogen and oxygen atoms in total. The Bertz CT molecular complexity index is 106. The molecule has 0 aromatic carbocycles. The number of terminal acetylenes is 1. The van der Waals surface area contributed by atoms with Crippen molar-refractivity contribution in [2.75, 3.05) is 6.61 Å². The molecule has 0 aromatic rings. The number of hydrogen-bond donors (Lipinski definition) is 1. The molecule has 0 amide bonds. The lowest BCUT2D eigenvalue weighted by Crippen LogP contribution is -1.80. The van der Waals surface area contributed by atoms with E-state index in [-0.39, 0.29) is 6.61 Å². The van der Waals surface area contributed by atoms with Crippen molar-refractivity contribution in [1.29, 1.82) is 0 Å². The van der Waals surface area contributed by atoms with Crippen molar-refractivity contribution in [1.82, 2.24) is 0 Å². The first-order valence-electron chi connectivity index (χ1n) is 2.04. The Balaban J connectivity index is 3.56. The molecule has 1 N–H and O–H groups in total. The lowest BCUT2D eigenvalue weighted by Gasteiger charge is -1.84. The molecule has 0 aliphatic rings. The lowest BCUT2D eigenvalue weighted by molar-refractivity contribution is 0.331. The van der Waals surface area contributed by atoms with Gasteiger partial charge < -0.3 is 5.11 Å². The Morgan fingerprint density at radius 1 is 2.00 bits per heavy atom. The van der Waals surface area contributed by atoms with Gasteiger partial charge in [0.2, 0.25) is 0 Å².